The van der Waals surface area contributed by atoms with Gasteiger partial charge in [0.05, 0.1) is 0 Å². The topological polar surface area (TPSA) is 35.2 Å². The maximum atomic E-state index is 13.0. The Balaban J connectivity index is 2.10. The summed E-state index contributed by atoms with van der Waals surface area (Å²) in [4.78, 5) is 0. The van der Waals surface area contributed by atoms with E-state index in [2.05, 4.69) is 15.9 Å². The van der Waals surface area contributed by atoms with E-state index in [1.165, 1.54) is 12.1 Å². The molecule has 0 aliphatic carbocycles. The summed E-state index contributed by atoms with van der Waals surface area (Å²) in [6, 6.07) is 12.0. The molecule has 0 radical (unpaired) electrons. The van der Waals surface area contributed by atoms with E-state index in [0.717, 1.165) is 21.3 Å². The molecule has 2 aromatic rings. The van der Waals surface area contributed by atoms with Crippen molar-refractivity contribution in [3.63, 3.8) is 0 Å². The zero-order valence-corrected chi connectivity index (χ0v) is 11.3. The summed E-state index contributed by atoms with van der Waals surface area (Å²) < 4.78 is 19.6. The van der Waals surface area contributed by atoms with Crippen molar-refractivity contribution in [2.75, 3.05) is 0 Å². The molecule has 18 heavy (non-hydrogen) atoms. The lowest BCUT2D eigenvalue weighted by Crippen LogP contribution is -2.03. The van der Waals surface area contributed by atoms with Crippen LogP contribution in [0.1, 0.15) is 11.1 Å². The largest absolute Gasteiger partial charge is 0.489 e. The summed E-state index contributed by atoms with van der Waals surface area (Å²) in [6.45, 7) is 0.727. The Morgan fingerprint density at radius 1 is 1.17 bits per heavy atom. The van der Waals surface area contributed by atoms with Gasteiger partial charge in [-0.15, -0.1) is 0 Å². The number of rotatable bonds is 4. The highest BCUT2D eigenvalue weighted by atomic mass is 79.9. The molecule has 0 amide bonds. The van der Waals surface area contributed by atoms with Crippen LogP contribution in [0.15, 0.2) is 46.9 Å². The van der Waals surface area contributed by atoms with Gasteiger partial charge in [-0.05, 0) is 35.9 Å². The minimum absolute atomic E-state index is 0.258. The van der Waals surface area contributed by atoms with Crippen LogP contribution in [-0.4, -0.2) is 0 Å². The molecule has 0 unspecified atom stereocenters. The van der Waals surface area contributed by atoms with E-state index in [9.17, 15) is 4.39 Å². The normalized spacial score (nSPS) is 10.4. The third-order valence-corrected chi connectivity index (χ3v) is 3.02. The molecule has 0 aromatic heterocycles. The lowest BCUT2D eigenvalue weighted by molar-refractivity contribution is 0.302. The van der Waals surface area contributed by atoms with Crippen molar-refractivity contribution in [1.29, 1.82) is 0 Å². The number of benzene rings is 2. The van der Waals surface area contributed by atoms with Crippen LogP contribution in [0.3, 0.4) is 0 Å². The van der Waals surface area contributed by atoms with E-state index in [1.807, 2.05) is 24.3 Å². The molecule has 0 saturated heterocycles. The predicted octanol–water partition coefficient (Wildman–Crippen LogP) is 3.63. The molecule has 0 heterocycles. The second kappa shape index (κ2) is 5.98. The maximum absolute atomic E-state index is 13.0. The van der Waals surface area contributed by atoms with E-state index < -0.39 is 0 Å². The Bertz CT molecular complexity index is 545. The molecule has 0 fully saturated rings. The predicted molar refractivity (Wildman–Crippen MR) is 72.8 cm³/mol. The van der Waals surface area contributed by atoms with Crippen LogP contribution < -0.4 is 10.5 Å². The van der Waals surface area contributed by atoms with E-state index in [4.69, 9.17) is 10.5 Å². The second-order valence-corrected chi connectivity index (χ2v) is 4.79. The quantitative estimate of drug-likeness (QED) is 0.936. The summed E-state index contributed by atoms with van der Waals surface area (Å²) in [5, 5.41) is 0. The molecule has 0 spiro atoms. The van der Waals surface area contributed by atoms with Crippen molar-refractivity contribution in [2.24, 2.45) is 5.73 Å². The minimum Gasteiger partial charge on any atom is -0.489 e. The van der Waals surface area contributed by atoms with Crippen LogP contribution in [0.4, 0.5) is 4.39 Å². The average molecular weight is 310 g/mol. The van der Waals surface area contributed by atoms with E-state index in [-0.39, 0.29) is 5.82 Å². The SMILES string of the molecule is NCc1cc(Br)ccc1OCc1cccc(F)c1. The fraction of sp³-hybridized carbons (Fsp3) is 0.143. The molecule has 94 valence electrons. The molecule has 4 heteroatoms. The van der Waals surface area contributed by atoms with Crippen molar-refractivity contribution in [1.82, 2.24) is 0 Å². The minimum atomic E-state index is -0.258. The van der Waals surface area contributed by atoms with E-state index in [0.29, 0.717) is 13.2 Å². The average Bonchev–Trinajstić information content (AvgIpc) is 2.37. The summed E-state index contributed by atoms with van der Waals surface area (Å²) in [5.41, 5.74) is 7.36. The Morgan fingerprint density at radius 3 is 2.72 bits per heavy atom. The number of halogens is 2. The van der Waals surface area contributed by atoms with Gasteiger partial charge in [-0.2, -0.15) is 0 Å². The van der Waals surface area contributed by atoms with Gasteiger partial charge >= 0.3 is 0 Å². The third-order valence-electron chi connectivity index (χ3n) is 2.53. The first-order valence-corrected chi connectivity index (χ1v) is 6.34. The Labute approximate surface area is 114 Å². The van der Waals surface area contributed by atoms with Crippen molar-refractivity contribution in [2.45, 2.75) is 13.2 Å². The van der Waals surface area contributed by atoms with Crippen molar-refractivity contribution >= 4 is 15.9 Å². The Kier molecular flexibility index (Phi) is 4.33. The van der Waals surface area contributed by atoms with Gasteiger partial charge in [-0.1, -0.05) is 28.1 Å². The van der Waals surface area contributed by atoms with Crippen LogP contribution >= 0.6 is 15.9 Å². The van der Waals surface area contributed by atoms with Gasteiger partial charge in [0.15, 0.2) is 0 Å². The first kappa shape index (κ1) is 13.1. The van der Waals surface area contributed by atoms with E-state index in [1.54, 1.807) is 6.07 Å². The highest BCUT2D eigenvalue weighted by Gasteiger charge is 2.04. The lowest BCUT2D eigenvalue weighted by Gasteiger charge is -2.11. The number of hydrogen-bond donors (Lipinski definition) is 1. The van der Waals surface area contributed by atoms with Gasteiger partial charge in [0.25, 0.3) is 0 Å². The Morgan fingerprint density at radius 2 is 2.00 bits per heavy atom. The van der Waals surface area contributed by atoms with Gasteiger partial charge in [0.2, 0.25) is 0 Å². The lowest BCUT2D eigenvalue weighted by atomic mass is 10.2. The second-order valence-electron chi connectivity index (χ2n) is 3.87. The van der Waals surface area contributed by atoms with Gasteiger partial charge in [-0.3, -0.25) is 0 Å². The number of hydrogen-bond acceptors (Lipinski definition) is 2. The summed E-state index contributed by atoms with van der Waals surface area (Å²) in [5.74, 6) is 0.468. The third kappa shape index (κ3) is 3.31. The summed E-state index contributed by atoms with van der Waals surface area (Å²) >= 11 is 3.38. The first-order valence-electron chi connectivity index (χ1n) is 5.55. The summed E-state index contributed by atoms with van der Waals surface area (Å²) in [6.07, 6.45) is 0. The zero-order valence-electron chi connectivity index (χ0n) is 9.70. The molecule has 0 atom stereocenters. The molecule has 2 rings (SSSR count). The van der Waals surface area contributed by atoms with Crippen molar-refractivity contribution in [3.8, 4) is 5.75 Å². The molecule has 2 aromatic carbocycles. The fourth-order valence-corrected chi connectivity index (χ4v) is 2.04. The molecule has 0 aliphatic heterocycles. The molecule has 0 aliphatic rings. The van der Waals surface area contributed by atoms with Crippen molar-refractivity contribution in [3.05, 3.63) is 63.9 Å². The fourth-order valence-electron chi connectivity index (χ4n) is 1.64. The molecule has 0 saturated carbocycles. The molecule has 2 nitrogen and oxygen atoms in total. The number of ether oxygens (including phenoxy) is 1. The van der Waals surface area contributed by atoms with E-state index >= 15 is 0 Å². The van der Waals surface area contributed by atoms with Gasteiger partial charge in [0.1, 0.15) is 18.2 Å². The molecular formula is C14H13BrFNO. The van der Waals surface area contributed by atoms with Crippen LogP contribution in [-0.2, 0) is 13.2 Å². The van der Waals surface area contributed by atoms with Crippen LogP contribution in [0.25, 0.3) is 0 Å². The van der Waals surface area contributed by atoms with Gasteiger partial charge in [0, 0.05) is 16.6 Å². The van der Waals surface area contributed by atoms with Crippen molar-refractivity contribution < 1.29 is 9.13 Å². The molecular weight excluding hydrogens is 297 g/mol. The van der Waals surface area contributed by atoms with Gasteiger partial charge in [-0.25, -0.2) is 4.39 Å². The first-order chi connectivity index (χ1) is 8.69. The highest BCUT2D eigenvalue weighted by Crippen LogP contribution is 2.23. The Hall–Kier alpha value is -1.39. The number of nitrogens with two attached hydrogens (primary N) is 1. The van der Waals surface area contributed by atoms with Crippen LogP contribution in [0, 0.1) is 5.82 Å². The monoisotopic (exact) mass is 309 g/mol. The molecule has 0 bridgehead atoms. The zero-order chi connectivity index (χ0) is 13.0. The van der Waals surface area contributed by atoms with Gasteiger partial charge < -0.3 is 10.5 Å². The smallest absolute Gasteiger partial charge is 0.124 e. The maximum Gasteiger partial charge on any atom is 0.124 e. The standard InChI is InChI=1S/C14H13BrFNO/c15-12-4-5-14(11(7-12)8-17)18-9-10-2-1-3-13(16)6-10/h1-7H,8-9,17H2. The highest BCUT2D eigenvalue weighted by molar-refractivity contribution is 9.10. The summed E-state index contributed by atoms with van der Waals surface area (Å²) in [7, 11) is 0. The van der Waals surface area contributed by atoms with Crippen LogP contribution in [0.5, 0.6) is 5.75 Å². The van der Waals surface area contributed by atoms with Crippen LogP contribution in [0.2, 0.25) is 0 Å². The molecule has 2 N–H and O–H groups in total.